The molecule has 1 aliphatic heterocycles. The van der Waals surface area contributed by atoms with E-state index in [1.807, 2.05) is 0 Å². The molecular weight excluding hydrogens is 302 g/mol. The van der Waals surface area contributed by atoms with Gasteiger partial charge in [0.25, 0.3) is 0 Å². The van der Waals surface area contributed by atoms with E-state index in [9.17, 15) is 0 Å². The van der Waals surface area contributed by atoms with E-state index in [0.29, 0.717) is 6.10 Å². The number of halogens is 1. The molecule has 0 radical (unpaired) electrons. The van der Waals surface area contributed by atoms with Gasteiger partial charge in [0.2, 0.25) is 0 Å². The van der Waals surface area contributed by atoms with Crippen LogP contribution in [0.2, 0.25) is 0 Å². The van der Waals surface area contributed by atoms with Gasteiger partial charge in [0.05, 0.1) is 11.7 Å². The van der Waals surface area contributed by atoms with Crippen molar-refractivity contribution in [1.29, 1.82) is 0 Å². The highest BCUT2D eigenvalue weighted by atomic mass is 79.9. The van der Waals surface area contributed by atoms with Gasteiger partial charge in [0.1, 0.15) is 0 Å². The largest absolute Gasteiger partial charge is 0.382 e. The average molecular weight is 324 g/mol. The van der Waals surface area contributed by atoms with E-state index < -0.39 is 0 Å². The Morgan fingerprint density at radius 3 is 2.89 bits per heavy atom. The van der Waals surface area contributed by atoms with Crippen LogP contribution in [-0.4, -0.2) is 18.2 Å². The molecule has 1 N–H and O–H groups in total. The summed E-state index contributed by atoms with van der Waals surface area (Å²) < 4.78 is 7.49. The molecule has 2 nitrogen and oxygen atoms in total. The Labute approximate surface area is 124 Å². The van der Waals surface area contributed by atoms with E-state index in [0.717, 1.165) is 11.0 Å². The van der Waals surface area contributed by atoms with Crippen molar-refractivity contribution in [2.75, 3.05) is 11.9 Å². The smallest absolute Gasteiger partial charge is 0.0756 e. The second-order valence-corrected chi connectivity index (χ2v) is 6.82. The number of benzene rings is 1. The monoisotopic (exact) mass is 323 g/mol. The first kappa shape index (κ1) is 13.4. The average Bonchev–Trinajstić information content (AvgIpc) is 3.02. The summed E-state index contributed by atoms with van der Waals surface area (Å²) >= 11 is 3.58. The van der Waals surface area contributed by atoms with Gasteiger partial charge in [-0.05, 0) is 50.3 Å². The number of ether oxygens (including phenoxy) is 1. The number of rotatable bonds is 3. The maximum Gasteiger partial charge on any atom is 0.0756 e. The van der Waals surface area contributed by atoms with Gasteiger partial charge in [0, 0.05) is 16.7 Å². The van der Waals surface area contributed by atoms with Crippen LogP contribution in [0.3, 0.4) is 0 Å². The first-order valence-corrected chi connectivity index (χ1v) is 8.15. The molecule has 1 saturated heterocycles. The summed E-state index contributed by atoms with van der Waals surface area (Å²) in [6, 6.07) is 6.30. The molecule has 1 atom stereocenters. The third kappa shape index (κ3) is 2.82. The van der Waals surface area contributed by atoms with Crippen LogP contribution < -0.4 is 5.32 Å². The molecule has 3 rings (SSSR count). The highest BCUT2D eigenvalue weighted by Gasteiger charge is 2.41. The Kier molecular flexibility index (Phi) is 3.86. The molecule has 1 heterocycles. The van der Waals surface area contributed by atoms with Crippen molar-refractivity contribution in [3.63, 3.8) is 0 Å². The molecule has 0 amide bonds. The summed E-state index contributed by atoms with van der Waals surface area (Å²) in [4.78, 5) is 0. The third-order valence-corrected chi connectivity index (χ3v) is 5.50. The molecule has 0 aromatic heterocycles. The summed E-state index contributed by atoms with van der Waals surface area (Å²) in [5.41, 5.74) is 2.74. The molecule has 19 heavy (non-hydrogen) atoms. The van der Waals surface area contributed by atoms with Crippen molar-refractivity contribution in [1.82, 2.24) is 0 Å². The lowest BCUT2D eigenvalue weighted by atomic mass is 9.98. The van der Waals surface area contributed by atoms with Crippen LogP contribution in [0.25, 0.3) is 0 Å². The second-order valence-electron chi connectivity index (χ2n) is 5.96. The summed E-state index contributed by atoms with van der Waals surface area (Å²) in [6.45, 7) is 3.07. The van der Waals surface area contributed by atoms with Crippen LogP contribution in [0, 0.1) is 6.92 Å². The van der Waals surface area contributed by atoms with E-state index in [1.54, 1.807) is 0 Å². The molecule has 0 bridgehead atoms. The zero-order valence-corrected chi connectivity index (χ0v) is 13.1. The van der Waals surface area contributed by atoms with Crippen LogP contribution in [0.1, 0.15) is 44.1 Å². The molecule has 104 valence electrons. The van der Waals surface area contributed by atoms with E-state index in [4.69, 9.17) is 4.74 Å². The van der Waals surface area contributed by atoms with Crippen molar-refractivity contribution in [3.05, 3.63) is 28.2 Å². The van der Waals surface area contributed by atoms with Gasteiger partial charge in [-0.25, -0.2) is 0 Å². The molecule has 1 unspecified atom stereocenters. The summed E-state index contributed by atoms with van der Waals surface area (Å²) in [6.07, 6.45) is 8.11. The number of nitrogens with one attached hydrogen (secondary N) is 1. The second kappa shape index (κ2) is 5.45. The Morgan fingerprint density at radius 2 is 2.11 bits per heavy atom. The Hall–Kier alpha value is -0.540. The third-order valence-electron chi connectivity index (χ3n) is 4.64. The zero-order chi connectivity index (χ0) is 13.3. The van der Waals surface area contributed by atoms with Crippen molar-refractivity contribution < 1.29 is 4.74 Å². The highest BCUT2D eigenvalue weighted by Crippen LogP contribution is 2.43. The van der Waals surface area contributed by atoms with Crippen molar-refractivity contribution in [3.8, 4) is 0 Å². The van der Waals surface area contributed by atoms with Gasteiger partial charge < -0.3 is 10.1 Å². The fourth-order valence-corrected chi connectivity index (χ4v) is 3.82. The summed E-state index contributed by atoms with van der Waals surface area (Å²) in [5, 5.41) is 3.55. The Morgan fingerprint density at radius 1 is 1.32 bits per heavy atom. The normalized spacial score (nSPS) is 25.1. The molecule has 1 spiro atoms. The number of hydrogen-bond donors (Lipinski definition) is 1. The Balaban J connectivity index is 1.57. The lowest BCUT2D eigenvalue weighted by Gasteiger charge is -2.24. The topological polar surface area (TPSA) is 21.3 Å². The van der Waals surface area contributed by atoms with Gasteiger partial charge in [-0.3, -0.25) is 0 Å². The minimum atomic E-state index is 0.249. The highest BCUT2D eigenvalue weighted by molar-refractivity contribution is 9.10. The molecule has 2 fully saturated rings. The van der Waals surface area contributed by atoms with E-state index in [1.165, 1.54) is 49.8 Å². The fourth-order valence-electron chi connectivity index (χ4n) is 3.45. The molecule has 1 aromatic rings. The van der Waals surface area contributed by atoms with Gasteiger partial charge in [-0.15, -0.1) is 0 Å². The minimum Gasteiger partial charge on any atom is -0.382 e. The predicted octanol–water partition coefficient (Wildman–Crippen LogP) is 4.66. The van der Waals surface area contributed by atoms with E-state index in [2.05, 4.69) is 46.4 Å². The number of hydrogen-bond acceptors (Lipinski definition) is 2. The standard InChI is InChI=1S/C16H22BrNO/c1-12-14(17)5-4-6-15(12)18-11-13-7-10-16(19-13)8-2-3-9-16/h4-6,13,18H,2-3,7-11H2,1H3. The van der Waals surface area contributed by atoms with Crippen molar-refractivity contribution >= 4 is 21.6 Å². The van der Waals surface area contributed by atoms with Gasteiger partial charge in [0.15, 0.2) is 0 Å². The first-order chi connectivity index (χ1) is 9.19. The summed E-state index contributed by atoms with van der Waals surface area (Å²) in [5.74, 6) is 0. The van der Waals surface area contributed by atoms with Crippen LogP contribution in [-0.2, 0) is 4.74 Å². The van der Waals surface area contributed by atoms with E-state index >= 15 is 0 Å². The lowest BCUT2D eigenvalue weighted by Crippen LogP contribution is -2.28. The molecule has 1 aliphatic carbocycles. The van der Waals surface area contributed by atoms with Gasteiger partial charge >= 0.3 is 0 Å². The minimum absolute atomic E-state index is 0.249. The van der Waals surface area contributed by atoms with Crippen LogP contribution in [0.5, 0.6) is 0 Å². The summed E-state index contributed by atoms with van der Waals surface area (Å²) in [7, 11) is 0. The van der Waals surface area contributed by atoms with Crippen molar-refractivity contribution in [2.45, 2.75) is 57.2 Å². The quantitative estimate of drug-likeness (QED) is 0.873. The Bertz CT molecular complexity index is 454. The molecule has 1 saturated carbocycles. The molecular formula is C16H22BrNO. The van der Waals surface area contributed by atoms with Crippen molar-refractivity contribution in [2.24, 2.45) is 0 Å². The van der Waals surface area contributed by atoms with Crippen LogP contribution in [0.4, 0.5) is 5.69 Å². The fraction of sp³-hybridized carbons (Fsp3) is 0.625. The SMILES string of the molecule is Cc1c(Br)cccc1NCC1CCC2(CCCC2)O1. The molecule has 2 aliphatic rings. The van der Waals surface area contributed by atoms with Gasteiger partial charge in [-0.1, -0.05) is 34.8 Å². The zero-order valence-electron chi connectivity index (χ0n) is 11.5. The maximum absolute atomic E-state index is 6.33. The maximum atomic E-state index is 6.33. The predicted molar refractivity (Wildman–Crippen MR) is 82.7 cm³/mol. The first-order valence-electron chi connectivity index (χ1n) is 7.35. The molecule has 1 aromatic carbocycles. The van der Waals surface area contributed by atoms with Crippen LogP contribution >= 0.6 is 15.9 Å². The van der Waals surface area contributed by atoms with Crippen LogP contribution in [0.15, 0.2) is 22.7 Å². The number of anilines is 1. The lowest BCUT2D eigenvalue weighted by molar-refractivity contribution is -0.0307. The van der Waals surface area contributed by atoms with Gasteiger partial charge in [-0.2, -0.15) is 0 Å². The molecule has 3 heteroatoms. The van der Waals surface area contributed by atoms with E-state index in [-0.39, 0.29) is 5.60 Å².